The Morgan fingerprint density at radius 1 is 0.789 bits per heavy atom. The summed E-state index contributed by atoms with van der Waals surface area (Å²) in [7, 11) is 8.18. The van der Waals surface area contributed by atoms with E-state index in [2.05, 4.69) is 63.6 Å². The van der Waals surface area contributed by atoms with Crippen LogP contribution in [0.4, 0.5) is 22.7 Å². The quantitative estimate of drug-likeness (QED) is 0.844. The molecule has 0 aliphatic carbocycles. The highest BCUT2D eigenvalue weighted by Gasteiger charge is 2.04. The fourth-order valence-corrected chi connectivity index (χ4v) is 1.85. The van der Waals surface area contributed by atoms with Crippen LogP contribution in [0.1, 0.15) is 0 Å². The molecule has 0 aromatic heterocycles. The van der Waals surface area contributed by atoms with Crippen molar-refractivity contribution in [3.05, 3.63) is 48.5 Å². The molecule has 0 bridgehead atoms. The smallest absolute Gasteiger partial charge is 0.180 e. The molecule has 0 heterocycles. The summed E-state index contributed by atoms with van der Waals surface area (Å²) in [5.74, 6) is 0. The first-order chi connectivity index (χ1) is 9.06. The van der Waals surface area contributed by atoms with Crippen LogP contribution in [0.2, 0.25) is 0 Å². The minimum Gasteiger partial charge on any atom is -0.378 e. The van der Waals surface area contributed by atoms with Gasteiger partial charge >= 0.3 is 0 Å². The third-order valence-corrected chi connectivity index (χ3v) is 3.06. The van der Waals surface area contributed by atoms with Gasteiger partial charge in [0.25, 0.3) is 0 Å². The van der Waals surface area contributed by atoms with Crippen LogP contribution in [0.3, 0.4) is 0 Å². The highest BCUT2D eigenvalue weighted by molar-refractivity contribution is 5.64. The summed E-state index contributed by atoms with van der Waals surface area (Å²) in [4.78, 5) is 4.19. The van der Waals surface area contributed by atoms with Crippen LogP contribution >= 0.6 is 0 Å². The fraction of sp³-hybridized carbons (Fsp3) is 0.250. The summed E-state index contributed by atoms with van der Waals surface area (Å²) in [6, 6.07) is 16.8. The Kier molecular flexibility index (Phi) is 4.07. The van der Waals surface area contributed by atoms with Crippen LogP contribution in [0.5, 0.6) is 0 Å². The van der Waals surface area contributed by atoms with E-state index in [0.717, 1.165) is 11.4 Å². The molecule has 0 spiro atoms. The van der Waals surface area contributed by atoms with Gasteiger partial charge in [0, 0.05) is 43.3 Å². The zero-order valence-corrected chi connectivity index (χ0v) is 12.0. The lowest BCUT2D eigenvalue weighted by Gasteiger charge is -2.13. The maximum Gasteiger partial charge on any atom is 0.180 e. The number of nitrogens with one attached hydrogen (secondary N) is 1. The van der Waals surface area contributed by atoms with Crippen LogP contribution in [-0.2, 0) is 0 Å². The van der Waals surface area contributed by atoms with Crippen LogP contribution in [0.15, 0.2) is 48.5 Å². The Morgan fingerprint density at radius 3 is 1.68 bits per heavy atom. The number of nitrogens with zero attached hydrogens (tertiary/aromatic N) is 2. The number of hydrogen-bond acceptors (Lipinski definition) is 3. The summed E-state index contributed by atoms with van der Waals surface area (Å²) in [6.45, 7) is 0. The van der Waals surface area contributed by atoms with Crippen molar-refractivity contribution < 1.29 is 0 Å². The second-order valence-corrected chi connectivity index (χ2v) is 5.01. The van der Waals surface area contributed by atoms with Gasteiger partial charge in [0.2, 0.25) is 0 Å². The molecule has 0 unspecified atom stereocenters. The van der Waals surface area contributed by atoms with E-state index in [0.29, 0.717) is 0 Å². The van der Waals surface area contributed by atoms with Crippen LogP contribution in [0.25, 0.3) is 0 Å². The van der Waals surface area contributed by atoms with Crippen molar-refractivity contribution in [3.8, 4) is 0 Å². The van der Waals surface area contributed by atoms with E-state index < -0.39 is 0 Å². The Labute approximate surface area is 115 Å². The second kappa shape index (κ2) is 5.76. The van der Waals surface area contributed by atoms with E-state index >= 15 is 0 Å². The van der Waals surface area contributed by atoms with Gasteiger partial charge in [-0.25, -0.2) is 0 Å². The minimum atomic E-state index is 1.10. The molecule has 1 N–H and O–H groups in total. The average Bonchev–Trinajstić information content (AvgIpc) is 2.40. The fourth-order valence-electron chi connectivity index (χ4n) is 1.85. The van der Waals surface area contributed by atoms with Crippen molar-refractivity contribution in [2.45, 2.75) is 0 Å². The summed E-state index contributed by atoms with van der Waals surface area (Å²) in [5, 5.41) is 3.40. The molecule has 0 amide bonds. The average molecular weight is 255 g/mol. The summed E-state index contributed by atoms with van der Waals surface area (Å²) in [5.41, 5.74) is 4.61. The monoisotopic (exact) mass is 255 g/mol. The van der Waals surface area contributed by atoms with Crippen molar-refractivity contribution in [2.24, 2.45) is 0 Å². The van der Waals surface area contributed by atoms with Gasteiger partial charge in [0.1, 0.15) is 14.1 Å². The van der Waals surface area contributed by atoms with E-state index in [9.17, 15) is 0 Å². The van der Waals surface area contributed by atoms with Gasteiger partial charge in [-0.3, -0.25) is 0 Å². The van der Waals surface area contributed by atoms with Crippen LogP contribution < -0.4 is 15.1 Å². The molecule has 19 heavy (non-hydrogen) atoms. The van der Waals surface area contributed by atoms with Gasteiger partial charge in [0.15, 0.2) is 5.69 Å². The van der Waals surface area contributed by atoms with Crippen molar-refractivity contribution in [2.75, 3.05) is 38.4 Å². The minimum absolute atomic E-state index is 1.10. The standard InChI is InChI=1S/C16H21N3/c1-18(2)15-9-5-13(6-10-15)17-14-7-11-16(12-8-14)19(3)4/h5-12,17H,1-4H3/q+1. The Hall–Kier alpha value is -2.00. The molecule has 2 rings (SSSR count). The summed E-state index contributed by atoms with van der Waals surface area (Å²) >= 11 is 0. The van der Waals surface area contributed by atoms with Crippen molar-refractivity contribution in [3.63, 3.8) is 0 Å². The normalized spacial score (nSPS) is 10.6. The molecular weight excluding hydrogens is 234 g/mol. The Bertz CT molecular complexity index is 463. The van der Waals surface area contributed by atoms with Crippen molar-refractivity contribution >= 4 is 22.7 Å². The molecule has 3 nitrogen and oxygen atoms in total. The molecule has 2 aromatic carbocycles. The molecule has 3 heteroatoms. The van der Waals surface area contributed by atoms with E-state index in [1.165, 1.54) is 11.4 Å². The topological polar surface area (TPSA) is 21.2 Å². The largest absolute Gasteiger partial charge is 0.378 e. The number of hydrogen-bond donors (Lipinski definition) is 1. The Balaban J connectivity index is 2.08. The van der Waals surface area contributed by atoms with Gasteiger partial charge in [-0.2, -0.15) is 0 Å². The molecule has 0 aliphatic rings. The van der Waals surface area contributed by atoms with Gasteiger partial charge in [-0.1, -0.05) is 0 Å². The molecule has 1 radical (unpaired) electrons. The van der Waals surface area contributed by atoms with E-state index in [1.807, 2.05) is 28.2 Å². The van der Waals surface area contributed by atoms with E-state index in [1.54, 1.807) is 0 Å². The lowest BCUT2D eigenvalue weighted by molar-refractivity contribution is 0.763. The van der Waals surface area contributed by atoms with Gasteiger partial charge in [-0.05, 0) is 36.4 Å². The predicted octanol–water partition coefficient (Wildman–Crippen LogP) is 3.53. The van der Waals surface area contributed by atoms with E-state index in [-0.39, 0.29) is 0 Å². The zero-order chi connectivity index (χ0) is 13.8. The summed E-state index contributed by atoms with van der Waals surface area (Å²) in [6.07, 6.45) is 0. The van der Waals surface area contributed by atoms with Crippen molar-refractivity contribution in [1.82, 2.24) is 4.90 Å². The van der Waals surface area contributed by atoms with Crippen LogP contribution in [0, 0.1) is 0 Å². The summed E-state index contributed by atoms with van der Waals surface area (Å²) < 4.78 is 0. The predicted molar refractivity (Wildman–Crippen MR) is 84.1 cm³/mol. The molecule has 0 fully saturated rings. The molecule has 2 aromatic rings. The molecule has 99 valence electrons. The highest BCUT2D eigenvalue weighted by atomic mass is 15.1. The first kappa shape index (κ1) is 13.4. The zero-order valence-electron chi connectivity index (χ0n) is 12.0. The SMILES string of the molecule is CN(C)c1ccc(Nc2ccc([N+](C)C)cc2)cc1. The first-order valence-electron chi connectivity index (χ1n) is 6.38. The maximum atomic E-state index is 3.40. The number of benzene rings is 2. The Morgan fingerprint density at radius 2 is 1.26 bits per heavy atom. The van der Waals surface area contributed by atoms with Gasteiger partial charge in [0.05, 0.1) is 0 Å². The third kappa shape index (κ3) is 3.48. The number of anilines is 4. The third-order valence-electron chi connectivity index (χ3n) is 3.06. The number of rotatable bonds is 4. The van der Waals surface area contributed by atoms with E-state index in [4.69, 9.17) is 0 Å². The molecule has 0 saturated carbocycles. The molecule has 0 aliphatic heterocycles. The lowest BCUT2D eigenvalue weighted by Crippen LogP contribution is -2.09. The maximum absolute atomic E-state index is 3.40. The first-order valence-corrected chi connectivity index (χ1v) is 6.38. The van der Waals surface area contributed by atoms with Gasteiger partial charge < -0.3 is 10.2 Å². The van der Waals surface area contributed by atoms with Crippen LogP contribution in [-0.4, -0.2) is 28.2 Å². The molecular formula is C16H21N3+. The second-order valence-electron chi connectivity index (χ2n) is 5.01. The van der Waals surface area contributed by atoms with Gasteiger partial charge in [-0.15, -0.1) is 4.90 Å². The molecule has 0 atom stereocenters. The highest BCUT2D eigenvalue weighted by Crippen LogP contribution is 2.21. The lowest BCUT2D eigenvalue weighted by atomic mass is 10.2. The molecule has 0 saturated heterocycles. The van der Waals surface area contributed by atoms with Crippen molar-refractivity contribution in [1.29, 1.82) is 0 Å².